The van der Waals surface area contributed by atoms with E-state index in [9.17, 15) is 4.79 Å². The lowest BCUT2D eigenvalue weighted by Crippen LogP contribution is -2.41. The number of benzene rings is 1. The van der Waals surface area contributed by atoms with E-state index in [1.54, 1.807) is 0 Å². The first-order chi connectivity index (χ1) is 11.1. The lowest BCUT2D eigenvalue weighted by atomic mass is 9.88. The van der Waals surface area contributed by atoms with Crippen LogP contribution < -0.4 is 9.80 Å². The second-order valence-electron chi connectivity index (χ2n) is 7.10. The number of carbonyl (C=O) groups is 1. The number of morpholine rings is 1. The number of hydrogen-bond acceptors (Lipinski definition) is 4. The van der Waals surface area contributed by atoms with Gasteiger partial charge in [-0.05, 0) is 36.6 Å². The first-order valence-electron chi connectivity index (χ1n) is 8.84. The Bertz CT molecular complexity index is 521. The standard InChI is InChI=1S/C19H28N2O2/c1-15(2)13-16-14-21(8-7-19(16)22)18-5-3-17(4-6-18)20-9-11-23-12-10-20/h3-6,15-16H,7-14H2,1-2H3/t16-/m0/s1. The van der Waals surface area contributed by atoms with Crippen LogP contribution in [0.2, 0.25) is 0 Å². The normalized spacial score (nSPS) is 22.7. The van der Waals surface area contributed by atoms with Crippen molar-refractivity contribution in [2.45, 2.75) is 26.7 Å². The van der Waals surface area contributed by atoms with Crippen LogP contribution in [0.25, 0.3) is 0 Å². The molecule has 4 nitrogen and oxygen atoms in total. The van der Waals surface area contributed by atoms with Crippen molar-refractivity contribution in [3.05, 3.63) is 24.3 Å². The molecule has 2 aliphatic heterocycles. The summed E-state index contributed by atoms with van der Waals surface area (Å²) in [4.78, 5) is 16.9. The van der Waals surface area contributed by atoms with Gasteiger partial charge in [-0.15, -0.1) is 0 Å². The van der Waals surface area contributed by atoms with Gasteiger partial charge in [-0.25, -0.2) is 0 Å². The van der Waals surface area contributed by atoms with E-state index in [2.05, 4.69) is 47.9 Å². The van der Waals surface area contributed by atoms with Crippen molar-refractivity contribution in [2.24, 2.45) is 11.8 Å². The largest absolute Gasteiger partial charge is 0.378 e. The Labute approximate surface area is 139 Å². The molecule has 2 aliphatic rings. The number of anilines is 2. The minimum atomic E-state index is 0.197. The average molecular weight is 316 g/mol. The summed E-state index contributed by atoms with van der Waals surface area (Å²) >= 11 is 0. The van der Waals surface area contributed by atoms with Crippen LogP contribution in [0.1, 0.15) is 26.7 Å². The van der Waals surface area contributed by atoms with E-state index in [4.69, 9.17) is 4.74 Å². The second-order valence-corrected chi connectivity index (χ2v) is 7.10. The van der Waals surface area contributed by atoms with Gasteiger partial charge in [-0.1, -0.05) is 13.8 Å². The molecule has 0 radical (unpaired) electrons. The molecule has 2 saturated heterocycles. The third-order valence-electron chi connectivity index (χ3n) is 4.87. The van der Waals surface area contributed by atoms with E-state index >= 15 is 0 Å². The molecule has 2 heterocycles. The van der Waals surface area contributed by atoms with Gasteiger partial charge in [0.15, 0.2) is 0 Å². The lowest BCUT2D eigenvalue weighted by molar-refractivity contribution is -0.123. The quantitative estimate of drug-likeness (QED) is 0.855. The summed E-state index contributed by atoms with van der Waals surface area (Å²) in [6.07, 6.45) is 1.68. The Morgan fingerprint density at radius 1 is 1.04 bits per heavy atom. The van der Waals surface area contributed by atoms with E-state index in [1.165, 1.54) is 11.4 Å². The molecule has 4 heteroatoms. The molecular weight excluding hydrogens is 288 g/mol. The van der Waals surface area contributed by atoms with Gasteiger partial charge in [0.05, 0.1) is 13.2 Å². The van der Waals surface area contributed by atoms with Crippen LogP contribution >= 0.6 is 0 Å². The van der Waals surface area contributed by atoms with Crippen molar-refractivity contribution >= 4 is 17.2 Å². The number of Topliss-reactive ketones (excluding diaryl/α,β-unsaturated/α-hetero) is 1. The number of piperidine rings is 1. The average Bonchev–Trinajstić information content (AvgIpc) is 2.57. The molecule has 2 fully saturated rings. The molecule has 1 atom stereocenters. The van der Waals surface area contributed by atoms with Crippen molar-refractivity contribution < 1.29 is 9.53 Å². The second kappa shape index (κ2) is 7.35. The topological polar surface area (TPSA) is 32.8 Å². The van der Waals surface area contributed by atoms with Gasteiger partial charge in [0.2, 0.25) is 0 Å². The summed E-state index contributed by atoms with van der Waals surface area (Å²) in [5.41, 5.74) is 2.51. The molecule has 3 rings (SSSR count). The lowest BCUT2D eigenvalue weighted by Gasteiger charge is -2.35. The van der Waals surface area contributed by atoms with Crippen molar-refractivity contribution in [2.75, 3.05) is 49.2 Å². The fourth-order valence-electron chi connectivity index (χ4n) is 3.61. The first kappa shape index (κ1) is 16.3. The number of carbonyl (C=O) groups excluding carboxylic acids is 1. The van der Waals surface area contributed by atoms with Crippen LogP contribution in [0.15, 0.2) is 24.3 Å². The zero-order valence-corrected chi connectivity index (χ0v) is 14.3. The highest BCUT2D eigenvalue weighted by molar-refractivity contribution is 5.83. The van der Waals surface area contributed by atoms with Gasteiger partial charge in [0.1, 0.15) is 5.78 Å². The van der Waals surface area contributed by atoms with Gasteiger partial charge >= 0.3 is 0 Å². The minimum Gasteiger partial charge on any atom is -0.378 e. The Balaban J connectivity index is 1.65. The maximum Gasteiger partial charge on any atom is 0.139 e. The van der Waals surface area contributed by atoms with Crippen LogP contribution in [-0.4, -0.2) is 45.2 Å². The molecule has 0 saturated carbocycles. The Hall–Kier alpha value is -1.55. The fourth-order valence-corrected chi connectivity index (χ4v) is 3.61. The predicted octanol–water partition coefficient (Wildman–Crippen LogP) is 2.96. The number of ether oxygens (including phenoxy) is 1. The van der Waals surface area contributed by atoms with Gasteiger partial charge < -0.3 is 14.5 Å². The Morgan fingerprint density at radius 2 is 1.65 bits per heavy atom. The molecule has 0 spiro atoms. The van der Waals surface area contributed by atoms with Crippen LogP contribution in [-0.2, 0) is 9.53 Å². The van der Waals surface area contributed by atoms with Crippen LogP contribution in [0.3, 0.4) is 0 Å². The summed E-state index contributed by atoms with van der Waals surface area (Å²) in [5.74, 6) is 1.22. The number of hydrogen-bond donors (Lipinski definition) is 0. The first-order valence-corrected chi connectivity index (χ1v) is 8.84. The van der Waals surface area contributed by atoms with E-state index < -0.39 is 0 Å². The van der Waals surface area contributed by atoms with Crippen molar-refractivity contribution in [1.29, 1.82) is 0 Å². The van der Waals surface area contributed by atoms with Crippen molar-refractivity contribution in [1.82, 2.24) is 0 Å². The molecule has 1 aromatic rings. The van der Waals surface area contributed by atoms with Gasteiger partial charge in [-0.2, -0.15) is 0 Å². The van der Waals surface area contributed by atoms with E-state index in [0.29, 0.717) is 18.1 Å². The summed E-state index contributed by atoms with van der Waals surface area (Å²) in [6.45, 7) is 9.67. The molecule has 126 valence electrons. The summed E-state index contributed by atoms with van der Waals surface area (Å²) in [6, 6.07) is 8.81. The highest BCUT2D eigenvalue weighted by Crippen LogP contribution is 2.27. The molecule has 0 N–H and O–H groups in total. The third kappa shape index (κ3) is 4.05. The molecule has 0 amide bonds. The SMILES string of the molecule is CC(C)C[C@H]1CN(c2ccc(N3CCOCC3)cc2)CCC1=O. The smallest absolute Gasteiger partial charge is 0.139 e. The monoisotopic (exact) mass is 316 g/mol. The summed E-state index contributed by atoms with van der Waals surface area (Å²) < 4.78 is 5.41. The summed E-state index contributed by atoms with van der Waals surface area (Å²) in [7, 11) is 0. The predicted molar refractivity (Wildman–Crippen MR) is 94.3 cm³/mol. The molecule has 0 aliphatic carbocycles. The Morgan fingerprint density at radius 3 is 2.26 bits per heavy atom. The maximum absolute atomic E-state index is 12.1. The highest BCUT2D eigenvalue weighted by Gasteiger charge is 2.27. The molecule has 0 unspecified atom stereocenters. The number of nitrogens with zero attached hydrogens (tertiary/aromatic N) is 2. The third-order valence-corrected chi connectivity index (χ3v) is 4.87. The van der Waals surface area contributed by atoms with E-state index in [0.717, 1.165) is 45.8 Å². The zero-order valence-electron chi connectivity index (χ0n) is 14.3. The zero-order chi connectivity index (χ0) is 16.2. The van der Waals surface area contributed by atoms with Gasteiger partial charge in [0.25, 0.3) is 0 Å². The van der Waals surface area contributed by atoms with Crippen LogP contribution in [0, 0.1) is 11.8 Å². The number of ketones is 1. The molecule has 23 heavy (non-hydrogen) atoms. The van der Waals surface area contributed by atoms with Gasteiger partial charge in [0, 0.05) is 49.9 Å². The summed E-state index contributed by atoms with van der Waals surface area (Å²) in [5, 5.41) is 0. The van der Waals surface area contributed by atoms with Gasteiger partial charge in [-0.3, -0.25) is 4.79 Å². The van der Waals surface area contributed by atoms with Crippen molar-refractivity contribution in [3.8, 4) is 0 Å². The van der Waals surface area contributed by atoms with Crippen LogP contribution in [0.4, 0.5) is 11.4 Å². The van der Waals surface area contributed by atoms with Crippen LogP contribution in [0.5, 0.6) is 0 Å². The van der Waals surface area contributed by atoms with E-state index in [-0.39, 0.29) is 5.92 Å². The minimum absolute atomic E-state index is 0.197. The molecular formula is C19H28N2O2. The van der Waals surface area contributed by atoms with E-state index in [1.807, 2.05) is 0 Å². The molecule has 1 aromatic carbocycles. The molecule has 0 aromatic heterocycles. The highest BCUT2D eigenvalue weighted by atomic mass is 16.5. The fraction of sp³-hybridized carbons (Fsp3) is 0.632. The number of rotatable bonds is 4. The molecule has 0 bridgehead atoms. The van der Waals surface area contributed by atoms with Crippen molar-refractivity contribution in [3.63, 3.8) is 0 Å². The Kier molecular flexibility index (Phi) is 5.21. The maximum atomic E-state index is 12.1.